The number of aromatic nitrogens is 2. The molecule has 0 aliphatic carbocycles. The molecule has 0 fully saturated rings. The molecule has 0 atom stereocenters. The minimum absolute atomic E-state index is 0.0291. The van der Waals surface area contributed by atoms with Gasteiger partial charge in [-0.05, 0) is 35.9 Å². The smallest absolute Gasteiger partial charge is 0.268 e. The maximum absolute atomic E-state index is 12.3. The number of benzene rings is 2. The van der Waals surface area contributed by atoms with E-state index in [0.717, 1.165) is 6.26 Å². The number of anilines is 1. The first-order chi connectivity index (χ1) is 15.2. The fourth-order valence-corrected chi connectivity index (χ4v) is 4.32. The Labute approximate surface area is 198 Å². The third-order valence-electron chi connectivity index (χ3n) is 3.96. The van der Waals surface area contributed by atoms with Crippen molar-refractivity contribution in [1.29, 1.82) is 5.26 Å². The highest BCUT2D eigenvalue weighted by Gasteiger charge is 2.17. The number of hydrogen-bond donors (Lipinski definition) is 1. The predicted molar refractivity (Wildman–Crippen MR) is 122 cm³/mol. The molecule has 2 aromatic carbocycles. The van der Waals surface area contributed by atoms with Crippen molar-refractivity contribution in [2.45, 2.75) is 11.8 Å². The van der Waals surface area contributed by atoms with Crippen LogP contribution in [-0.2, 0) is 21.2 Å². The van der Waals surface area contributed by atoms with Crippen molar-refractivity contribution in [3.63, 3.8) is 0 Å². The molecule has 164 valence electrons. The molecule has 0 radical (unpaired) electrons. The number of halogens is 2. The Kier molecular flexibility index (Phi) is 7.48. The molecular weight excluding hydrogens is 495 g/mol. The summed E-state index contributed by atoms with van der Waals surface area (Å²) >= 11 is 13.0. The van der Waals surface area contributed by atoms with Crippen molar-refractivity contribution >= 4 is 61.7 Å². The Morgan fingerprint density at radius 1 is 1.22 bits per heavy atom. The average molecular weight is 509 g/mol. The Hall–Kier alpha value is -2.97. The van der Waals surface area contributed by atoms with Crippen LogP contribution >= 0.6 is 34.7 Å². The minimum atomic E-state index is -3.59. The van der Waals surface area contributed by atoms with Gasteiger partial charge < -0.3 is 4.74 Å². The molecule has 3 aromatic rings. The number of amides is 1. The fraction of sp³-hybridized carbons (Fsp3) is 0.100. The van der Waals surface area contributed by atoms with Crippen LogP contribution < -0.4 is 10.1 Å². The largest absolute Gasteiger partial charge is 0.489 e. The summed E-state index contributed by atoms with van der Waals surface area (Å²) in [7, 11) is -3.59. The molecule has 0 spiro atoms. The van der Waals surface area contributed by atoms with E-state index in [0.29, 0.717) is 38.5 Å². The van der Waals surface area contributed by atoms with E-state index >= 15 is 0 Å². The van der Waals surface area contributed by atoms with E-state index in [4.69, 9.17) is 27.9 Å². The quantitative estimate of drug-likeness (QED) is 0.371. The molecule has 1 heterocycles. The molecule has 3 rings (SSSR count). The minimum Gasteiger partial charge on any atom is -0.489 e. The zero-order chi connectivity index (χ0) is 23.3. The third kappa shape index (κ3) is 6.05. The lowest BCUT2D eigenvalue weighted by Crippen LogP contribution is -2.13. The molecular formula is C20H14Cl2N4O4S2. The molecule has 8 nitrogen and oxygen atoms in total. The molecule has 0 aliphatic heterocycles. The summed E-state index contributed by atoms with van der Waals surface area (Å²) in [6, 6.07) is 13.7. The third-order valence-corrected chi connectivity index (χ3v) is 6.26. The first-order valence-corrected chi connectivity index (χ1v) is 12.2. The number of hydrogen-bond acceptors (Lipinski definition) is 8. The van der Waals surface area contributed by atoms with E-state index in [1.807, 2.05) is 6.07 Å². The van der Waals surface area contributed by atoms with Crippen LogP contribution in [0.4, 0.5) is 5.13 Å². The number of carbonyl (C=O) groups is 1. The topological polar surface area (TPSA) is 122 Å². The van der Waals surface area contributed by atoms with Gasteiger partial charge in [-0.2, -0.15) is 14.6 Å². The molecule has 1 N–H and O–H groups in total. The van der Waals surface area contributed by atoms with Crippen molar-refractivity contribution in [3.05, 3.63) is 69.2 Å². The van der Waals surface area contributed by atoms with Crippen molar-refractivity contribution in [2.24, 2.45) is 0 Å². The Morgan fingerprint density at radius 2 is 1.88 bits per heavy atom. The number of carbonyl (C=O) groups excluding carboxylic acids is 1. The van der Waals surface area contributed by atoms with Crippen molar-refractivity contribution in [2.75, 3.05) is 11.6 Å². The van der Waals surface area contributed by atoms with Gasteiger partial charge in [0, 0.05) is 33.4 Å². The molecule has 12 heteroatoms. The molecule has 0 saturated carbocycles. The zero-order valence-corrected chi connectivity index (χ0v) is 19.5. The molecule has 0 unspecified atom stereocenters. The van der Waals surface area contributed by atoms with E-state index in [1.165, 1.54) is 6.08 Å². The highest BCUT2D eigenvalue weighted by atomic mass is 35.5. The Morgan fingerprint density at radius 3 is 2.44 bits per heavy atom. The van der Waals surface area contributed by atoms with Crippen LogP contribution in [0.25, 0.3) is 6.08 Å². The van der Waals surface area contributed by atoms with Gasteiger partial charge in [0.1, 0.15) is 24.0 Å². The molecule has 0 saturated heterocycles. The number of nitrogens with zero attached hydrogens (tertiary/aromatic N) is 3. The van der Waals surface area contributed by atoms with E-state index < -0.39 is 20.9 Å². The second-order valence-corrected chi connectivity index (χ2v) is 9.81. The Bertz CT molecular complexity index is 1310. The summed E-state index contributed by atoms with van der Waals surface area (Å²) in [6.45, 7) is 0.177. The lowest BCUT2D eigenvalue weighted by molar-refractivity contribution is -0.112. The van der Waals surface area contributed by atoms with Gasteiger partial charge in [0.2, 0.25) is 15.0 Å². The van der Waals surface area contributed by atoms with Crippen LogP contribution in [0.3, 0.4) is 0 Å². The second-order valence-electron chi connectivity index (χ2n) is 6.34. The van der Waals surface area contributed by atoms with Crippen LogP contribution in [0.5, 0.6) is 5.75 Å². The molecule has 1 amide bonds. The summed E-state index contributed by atoms with van der Waals surface area (Å²) in [4.78, 5) is 16.1. The summed E-state index contributed by atoms with van der Waals surface area (Å²) in [6.07, 6.45) is 2.33. The summed E-state index contributed by atoms with van der Waals surface area (Å²) in [5, 5.41) is 12.3. The van der Waals surface area contributed by atoms with Crippen LogP contribution in [0.1, 0.15) is 11.1 Å². The standard InChI is InChI=1S/C20H14Cl2N4O4S2/c1-32(28,29)20-25-19(31-26-20)24-18(27)13(10-23)9-12-5-7-14(8-6-12)30-11-15-16(21)3-2-4-17(15)22/h2-9H,11H2,1H3,(H,24,25,26,27). The predicted octanol–water partition coefficient (Wildman–Crippen LogP) is 4.37. The van der Waals surface area contributed by atoms with Gasteiger partial charge >= 0.3 is 0 Å². The summed E-state index contributed by atoms with van der Waals surface area (Å²) in [5.41, 5.74) is 1.05. The monoisotopic (exact) mass is 508 g/mol. The summed E-state index contributed by atoms with van der Waals surface area (Å²) in [5.74, 6) is -0.194. The number of ether oxygens (including phenoxy) is 1. The van der Waals surface area contributed by atoms with Crippen molar-refractivity contribution in [3.8, 4) is 11.8 Å². The van der Waals surface area contributed by atoms with Gasteiger partial charge in [-0.25, -0.2) is 8.42 Å². The maximum atomic E-state index is 12.3. The van der Waals surface area contributed by atoms with E-state index in [-0.39, 0.29) is 17.3 Å². The van der Waals surface area contributed by atoms with Crippen molar-refractivity contribution in [1.82, 2.24) is 9.36 Å². The number of nitriles is 1. The first-order valence-electron chi connectivity index (χ1n) is 8.80. The van der Waals surface area contributed by atoms with E-state index in [1.54, 1.807) is 42.5 Å². The van der Waals surface area contributed by atoms with Crippen molar-refractivity contribution < 1.29 is 17.9 Å². The maximum Gasteiger partial charge on any atom is 0.268 e. The SMILES string of the molecule is CS(=O)(=O)c1nsc(NC(=O)C(C#N)=Cc2ccc(OCc3c(Cl)cccc3Cl)cc2)n1. The van der Waals surface area contributed by atoms with Gasteiger partial charge in [-0.15, -0.1) is 0 Å². The fourth-order valence-electron chi connectivity index (χ4n) is 2.38. The van der Waals surface area contributed by atoms with Crippen LogP contribution in [0.15, 0.2) is 53.2 Å². The molecule has 0 bridgehead atoms. The van der Waals surface area contributed by atoms with Crippen LogP contribution in [-0.4, -0.2) is 29.9 Å². The molecule has 0 aliphatic rings. The molecule has 1 aromatic heterocycles. The number of nitrogens with one attached hydrogen (secondary N) is 1. The first kappa shape index (κ1) is 23.7. The highest BCUT2D eigenvalue weighted by molar-refractivity contribution is 7.90. The Balaban J connectivity index is 1.67. The number of rotatable bonds is 7. The van der Waals surface area contributed by atoms with E-state index in [9.17, 15) is 18.5 Å². The second kappa shape index (κ2) is 10.1. The number of sulfone groups is 1. The van der Waals surface area contributed by atoms with Gasteiger partial charge in [-0.3, -0.25) is 10.1 Å². The van der Waals surface area contributed by atoms with Gasteiger partial charge in [0.05, 0.1) is 0 Å². The zero-order valence-electron chi connectivity index (χ0n) is 16.4. The van der Waals surface area contributed by atoms with Gasteiger partial charge in [0.25, 0.3) is 11.1 Å². The van der Waals surface area contributed by atoms with Gasteiger partial charge in [0.15, 0.2) is 0 Å². The van der Waals surface area contributed by atoms with Crippen LogP contribution in [0.2, 0.25) is 10.0 Å². The van der Waals surface area contributed by atoms with Crippen LogP contribution in [0, 0.1) is 11.3 Å². The van der Waals surface area contributed by atoms with E-state index in [2.05, 4.69) is 14.7 Å². The molecule has 32 heavy (non-hydrogen) atoms. The normalized spacial score (nSPS) is 11.6. The lowest BCUT2D eigenvalue weighted by Gasteiger charge is -2.09. The average Bonchev–Trinajstić information content (AvgIpc) is 3.21. The van der Waals surface area contributed by atoms with Gasteiger partial charge in [-0.1, -0.05) is 41.4 Å². The lowest BCUT2D eigenvalue weighted by atomic mass is 10.1. The highest BCUT2D eigenvalue weighted by Crippen LogP contribution is 2.26. The summed E-state index contributed by atoms with van der Waals surface area (Å²) < 4.78 is 32.2.